The molecule has 0 aromatic heterocycles. The number of hydrogen-bond acceptors (Lipinski definition) is 8. The number of ether oxygens (including phenoxy) is 2. The average Bonchev–Trinajstić information content (AvgIpc) is 2.70. The van der Waals surface area contributed by atoms with Gasteiger partial charge in [0.15, 0.2) is 0 Å². The molecule has 1 unspecified atom stereocenters. The van der Waals surface area contributed by atoms with Crippen LogP contribution in [0.1, 0.15) is 67.2 Å². The van der Waals surface area contributed by atoms with Crippen molar-refractivity contribution in [3.63, 3.8) is 0 Å². The van der Waals surface area contributed by atoms with Gasteiger partial charge in [0.2, 0.25) is 0 Å². The molecule has 0 radical (unpaired) electrons. The predicted octanol–water partition coefficient (Wildman–Crippen LogP) is 4.79. The molecule has 0 spiro atoms. The summed E-state index contributed by atoms with van der Waals surface area (Å²) in [7, 11) is -3.55. The zero-order chi connectivity index (χ0) is 23.9. The van der Waals surface area contributed by atoms with Gasteiger partial charge in [0.1, 0.15) is 11.6 Å². The Morgan fingerprint density at radius 2 is 1.62 bits per heavy atom. The number of piperidine rings is 1. The summed E-state index contributed by atoms with van der Waals surface area (Å²) >= 11 is 0. The van der Waals surface area contributed by atoms with Crippen LogP contribution in [0.3, 0.4) is 0 Å². The highest BCUT2D eigenvalue weighted by atomic mass is 31.2. The Labute approximate surface area is 192 Å². The van der Waals surface area contributed by atoms with Crippen LogP contribution in [0.2, 0.25) is 0 Å². The Kier molecular flexibility index (Phi) is 10.0. The van der Waals surface area contributed by atoms with Crippen molar-refractivity contribution in [3.8, 4) is 0 Å². The third-order valence-corrected chi connectivity index (χ3v) is 7.44. The number of nitrogens with zero attached hydrogens (tertiary/aromatic N) is 1. The molecule has 1 heterocycles. The van der Waals surface area contributed by atoms with Crippen LogP contribution in [-0.2, 0) is 32.4 Å². The summed E-state index contributed by atoms with van der Waals surface area (Å²) in [6.07, 6.45) is 2.65. The second-order valence-corrected chi connectivity index (χ2v) is 11.0. The van der Waals surface area contributed by atoms with Gasteiger partial charge in [-0.3, -0.25) is 18.5 Å². The summed E-state index contributed by atoms with van der Waals surface area (Å²) < 4.78 is 39.5. The van der Waals surface area contributed by atoms with Crippen LogP contribution in [0.25, 0.3) is 0 Å². The van der Waals surface area contributed by atoms with E-state index in [0.717, 1.165) is 25.7 Å². The van der Waals surface area contributed by atoms with E-state index in [9.17, 15) is 14.2 Å². The lowest BCUT2D eigenvalue weighted by atomic mass is 9.67. The minimum absolute atomic E-state index is 0.00263. The maximum Gasteiger partial charge on any atom is 0.474 e. The zero-order valence-electron chi connectivity index (χ0n) is 20.3. The molecule has 2 aliphatic rings. The summed E-state index contributed by atoms with van der Waals surface area (Å²) in [6, 6.07) is -0.650. The van der Waals surface area contributed by atoms with E-state index in [4.69, 9.17) is 23.0 Å². The van der Waals surface area contributed by atoms with Gasteiger partial charge in [0.25, 0.3) is 0 Å². The first-order chi connectivity index (χ1) is 15.0. The quantitative estimate of drug-likeness (QED) is 0.345. The molecule has 0 bridgehead atoms. The zero-order valence-corrected chi connectivity index (χ0v) is 21.2. The van der Waals surface area contributed by atoms with Gasteiger partial charge < -0.3 is 9.47 Å². The number of hydrogen-bond donors (Lipinski definition) is 0. The summed E-state index contributed by atoms with van der Waals surface area (Å²) in [6.45, 7) is 12.1. The highest BCUT2D eigenvalue weighted by molar-refractivity contribution is 7.48. The molecule has 2 rings (SSSR count). The molecule has 1 amide bonds. The molecule has 4 atom stereocenters. The van der Waals surface area contributed by atoms with Gasteiger partial charge in [-0.1, -0.05) is 0 Å². The van der Waals surface area contributed by atoms with Gasteiger partial charge in [0.05, 0.1) is 26.4 Å². The fourth-order valence-corrected chi connectivity index (χ4v) is 5.89. The van der Waals surface area contributed by atoms with Gasteiger partial charge >= 0.3 is 19.9 Å². The molecule has 9 nitrogen and oxygen atoms in total. The smallest absolute Gasteiger partial charge is 0.464 e. The lowest BCUT2D eigenvalue weighted by Crippen LogP contribution is -2.58. The molecule has 1 saturated carbocycles. The van der Waals surface area contributed by atoms with E-state index in [2.05, 4.69) is 0 Å². The standard InChI is InChI=1S/C22H40NO8P/c1-7-27-20(24)19-18-11-10-16(15-30-32(26,28-8-2)29-9-3)14-17(18)12-13-23(19)21(25)31-22(4,5)6/h16-19H,7-15H2,1-6H3/t16?,17-,18+,19+/m0/s1. The number of fused-ring (bicyclic) bond motifs is 1. The number of esters is 1. The Morgan fingerprint density at radius 1 is 0.969 bits per heavy atom. The van der Waals surface area contributed by atoms with Crippen molar-refractivity contribution in [1.82, 2.24) is 4.90 Å². The van der Waals surface area contributed by atoms with Gasteiger partial charge in [-0.25, -0.2) is 14.2 Å². The first kappa shape index (κ1) is 27.1. The normalized spacial score (nSPS) is 26.4. The Bertz CT molecular complexity index is 669. The summed E-state index contributed by atoms with van der Waals surface area (Å²) in [5, 5.41) is 0. The molecule has 1 saturated heterocycles. The molecule has 0 aromatic carbocycles. The maximum absolute atomic E-state index is 12.8. The lowest BCUT2D eigenvalue weighted by Gasteiger charge is -2.47. The lowest BCUT2D eigenvalue weighted by molar-refractivity contribution is -0.156. The van der Waals surface area contributed by atoms with Crippen LogP contribution in [0.5, 0.6) is 0 Å². The minimum Gasteiger partial charge on any atom is -0.464 e. The highest BCUT2D eigenvalue weighted by Crippen LogP contribution is 2.51. The third-order valence-electron chi connectivity index (χ3n) is 5.83. The fourth-order valence-electron chi connectivity index (χ4n) is 4.64. The van der Waals surface area contributed by atoms with Crippen LogP contribution >= 0.6 is 7.82 Å². The van der Waals surface area contributed by atoms with Crippen molar-refractivity contribution in [2.24, 2.45) is 17.8 Å². The number of carbonyl (C=O) groups excluding carboxylic acids is 2. The van der Waals surface area contributed by atoms with Crippen molar-refractivity contribution in [2.45, 2.75) is 78.9 Å². The summed E-state index contributed by atoms with van der Waals surface area (Å²) in [4.78, 5) is 27.2. The Morgan fingerprint density at radius 3 is 2.19 bits per heavy atom. The number of amides is 1. The van der Waals surface area contributed by atoms with E-state index in [-0.39, 0.29) is 50.2 Å². The molecule has 0 aromatic rings. The summed E-state index contributed by atoms with van der Waals surface area (Å²) in [5.74, 6) is 0.0440. The molecule has 1 aliphatic carbocycles. The van der Waals surface area contributed by atoms with Crippen LogP contribution < -0.4 is 0 Å². The van der Waals surface area contributed by atoms with Crippen LogP contribution in [0.4, 0.5) is 4.79 Å². The largest absolute Gasteiger partial charge is 0.474 e. The van der Waals surface area contributed by atoms with Gasteiger partial charge in [0, 0.05) is 6.54 Å². The van der Waals surface area contributed by atoms with E-state index >= 15 is 0 Å². The Hall–Kier alpha value is -1.15. The second-order valence-electron chi connectivity index (χ2n) is 9.34. The number of likely N-dealkylation sites (tertiary alicyclic amines) is 1. The molecule has 2 fully saturated rings. The summed E-state index contributed by atoms with van der Waals surface area (Å²) in [5.41, 5.74) is -0.642. The van der Waals surface area contributed by atoms with Crippen molar-refractivity contribution in [1.29, 1.82) is 0 Å². The van der Waals surface area contributed by atoms with Crippen molar-refractivity contribution in [3.05, 3.63) is 0 Å². The van der Waals surface area contributed by atoms with E-state index in [1.165, 1.54) is 0 Å². The Balaban J connectivity index is 2.07. The van der Waals surface area contributed by atoms with Crippen LogP contribution in [-0.4, -0.2) is 61.6 Å². The molecule has 1 aliphatic heterocycles. The van der Waals surface area contributed by atoms with Crippen molar-refractivity contribution >= 4 is 19.9 Å². The first-order valence-corrected chi connectivity index (χ1v) is 13.2. The van der Waals surface area contributed by atoms with Crippen LogP contribution in [0, 0.1) is 17.8 Å². The SMILES string of the molecule is CCOC(=O)[C@H]1[C@@H]2CCC(COP(=O)(OCC)OCC)C[C@@H]2CCN1C(=O)OC(C)(C)C. The van der Waals surface area contributed by atoms with E-state index in [1.807, 2.05) is 20.8 Å². The second kappa shape index (κ2) is 11.8. The van der Waals surface area contributed by atoms with E-state index < -0.39 is 25.6 Å². The number of phosphoric acid groups is 1. The monoisotopic (exact) mass is 477 g/mol. The fraction of sp³-hybridized carbons (Fsp3) is 0.909. The highest BCUT2D eigenvalue weighted by Gasteiger charge is 2.48. The van der Waals surface area contributed by atoms with Crippen molar-refractivity contribution in [2.75, 3.05) is 33.0 Å². The molecular formula is C22H40NO8P. The minimum atomic E-state index is -3.55. The van der Waals surface area contributed by atoms with Gasteiger partial charge in [-0.2, -0.15) is 0 Å². The van der Waals surface area contributed by atoms with Crippen LogP contribution in [0.15, 0.2) is 0 Å². The molecule has 10 heteroatoms. The molecular weight excluding hydrogens is 437 g/mol. The van der Waals surface area contributed by atoms with E-state index in [0.29, 0.717) is 6.54 Å². The van der Waals surface area contributed by atoms with Gasteiger partial charge in [-0.05, 0) is 85.0 Å². The molecule has 186 valence electrons. The number of phosphoric ester groups is 1. The predicted molar refractivity (Wildman–Crippen MR) is 119 cm³/mol. The third kappa shape index (κ3) is 7.44. The topological polar surface area (TPSA) is 101 Å². The average molecular weight is 478 g/mol. The number of carbonyl (C=O) groups is 2. The number of rotatable bonds is 9. The first-order valence-electron chi connectivity index (χ1n) is 11.7. The maximum atomic E-state index is 12.8. The van der Waals surface area contributed by atoms with E-state index in [1.54, 1.807) is 25.7 Å². The molecule has 0 N–H and O–H groups in total. The molecule has 32 heavy (non-hydrogen) atoms. The van der Waals surface area contributed by atoms with Crippen molar-refractivity contribution < 1.29 is 37.2 Å². The van der Waals surface area contributed by atoms with Gasteiger partial charge in [-0.15, -0.1) is 0 Å².